The van der Waals surface area contributed by atoms with Gasteiger partial charge in [-0.05, 0) is 43.3 Å². The molecule has 0 aliphatic carbocycles. The highest BCUT2D eigenvalue weighted by Gasteiger charge is 2.24. The van der Waals surface area contributed by atoms with Crippen molar-refractivity contribution in [3.05, 3.63) is 58.7 Å². The molecular weight excluding hydrogens is 408 g/mol. The number of thiazole rings is 1. The average molecular weight is 429 g/mol. The standard InChI is InChI=1S/C21H21ClN4O2S/c1-2-28-16-8-6-15(7-9-16)20-23-17(14-29-20)21(27)26-12-10-25(11-13-26)19-5-3-4-18(22)24-19/h3-9,14H,2,10-13H2,1H3. The van der Waals surface area contributed by atoms with Crippen LogP contribution in [-0.4, -0.2) is 53.6 Å². The first-order valence-corrected chi connectivity index (χ1v) is 10.8. The van der Waals surface area contributed by atoms with Gasteiger partial charge in [0.15, 0.2) is 0 Å². The fraction of sp³-hybridized carbons (Fsp3) is 0.286. The number of carbonyl (C=O) groups is 1. The van der Waals surface area contributed by atoms with Crippen LogP contribution in [0.4, 0.5) is 5.82 Å². The zero-order valence-corrected chi connectivity index (χ0v) is 17.6. The van der Waals surface area contributed by atoms with Crippen molar-refractivity contribution < 1.29 is 9.53 Å². The van der Waals surface area contributed by atoms with E-state index in [0.717, 1.165) is 35.2 Å². The van der Waals surface area contributed by atoms with Crippen LogP contribution in [0, 0.1) is 0 Å². The Kier molecular flexibility index (Phi) is 5.97. The van der Waals surface area contributed by atoms with Crippen molar-refractivity contribution in [3.8, 4) is 16.3 Å². The van der Waals surface area contributed by atoms with Crippen molar-refractivity contribution in [1.82, 2.24) is 14.9 Å². The summed E-state index contributed by atoms with van der Waals surface area (Å²) >= 11 is 7.46. The average Bonchev–Trinajstić information content (AvgIpc) is 3.24. The van der Waals surface area contributed by atoms with Gasteiger partial charge in [0.25, 0.3) is 5.91 Å². The number of ether oxygens (including phenoxy) is 1. The molecule has 0 bridgehead atoms. The van der Waals surface area contributed by atoms with E-state index in [0.29, 0.717) is 30.5 Å². The fourth-order valence-corrected chi connectivity index (χ4v) is 4.20. The molecule has 1 fully saturated rings. The number of carbonyl (C=O) groups excluding carboxylic acids is 1. The molecule has 3 aromatic rings. The van der Waals surface area contributed by atoms with E-state index in [1.807, 2.05) is 53.6 Å². The zero-order chi connectivity index (χ0) is 20.2. The summed E-state index contributed by atoms with van der Waals surface area (Å²) in [5.41, 5.74) is 1.47. The Hall–Kier alpha value is -2.64. The van der Waals surface area contributed by atoms with Crippen molar-refractivity contribution in [2.45, 2.75) is 6.92 Å². The number of halogens is 1. The van der Waals surface area contributed by atoms with Crippen molar-refractivity contribution >= 4 is 34.7 Å². The van der Waals surface area contributed by atoms with E-state index in [1.165, 1.54) is 11.3 Å². The Labute approximate surface area is 178 Å². The van der Waals surface area contributed by atoms with Crippen LogP contribution in [0.25, 0.3) is 10.6 Å². The summed E-state index contributed by atoms with van der Waals surface area (Å²) in [6.45, 7) is 5.28. The lowest BCUT2D eigenvalue weighted by Crippen LogP contribution is -2.49. The highest BCUT2D eigenvalue weighted by molar-refractivity contribution is 7.13. The number of hydrogen-bond acceptors (Lipinski definition) is 6. The number of rotatable bonds is 5. The number of anilines is 1. The van der Waals surface area contributed by atoms with E-state index in [1.54, 1.807) is 6.07 Å². The molecular formula is C21H21ClN4O2S. The maximum atomic E-state index is 12.9. The van der Waals surface area contributed by atoms with Gasteiger partial charge in [0.2, 0.25) is 0 Å². The fourth-order valence-electron chi connectivity index (χ4n) is 3.24. The molecule has 1 aromatic carbocycles. The van der Waals surface area contributed by atoms with E-state index in [9.17, 15) is 4.79 Å². The van der Waals surface area contributed by atoms with Crippen LogP contribution in [0.2, 0.25) is 5.15 Å². The second kappa shape index (κ2) is 8.80. The summed E-state index contributed by atoms with van der Waals surface area (Å²) in [5.74, 6) is 1.64. The van der Waals surface area contributed by atoms with E-state index in [2.05, 4.69) is 14.9 Å². The van der Waals surface area contributed by atoms with Crippen LogP contribution in [0.3, 0.4) is 0 Å². The van der Waals surface area contributed by atoms with Crippen LogP contribution in [0.15, 0.2) is 47.8 Å². The third-order valence-corrected chi connectivity index (χ3v) is 5.83. The van der Waals surface area contributed by atoms with Crippen molar-refractivity contribution in [2.75, 3.05) is 37.7 Å². The molecule has 150 valence electrons. The third kappa shape index (κ3) is 4.52. The minimum Gasteiger partial charge on any atom is -0.494 e. The number of nitrogens with zero attached hydrogens (tertiary/aromatic N) is 4. The van der Waals surface area contributed by atoms with Crippen molar-refractivity contribution in [3.63, 3.8) is 0 Å². The van der Waals surface area contributed by atoms with E-state index >= 15 is 0 Å². The van der Waals surface area contributed by atoms with Gasteiger partial charge in [-0.1, -0.05) is 17.7 Å². The zero-order valence-electron chi connectivity index (χ0n) is 16.0. The van der Waals surface area contributed by atoms with Crippen LogP contribution in [-0.2, 0) is 0 Å². The number of pyridine rings is 1. The van der Waals surface area contributed by atoms with Gasteiger partial charge in [-0.2, -0.15) is 0 Å². The molecule has 3 heterocycles. The molecule has 0 radical (unpaired) electrons. The lowest BCUT2D eigenvalue weighted by molar-refractivity contribution is 0.0741. The molecule has 8 heteroatoms. The first-order chi connectivity index (χ1) is 14.1. The van der Waals surface area contributed by atoms with Gasteiger partial charge in [0.1, 0.15) is 27.4 Å². The van der Waals surface area contributed by atoms with Gasteiger partial charge in [0, 0.05) is 37.1 Å². The van der Waals surface area contributed by atoms with E-state index < -0.39 is 0 Å². The summed E-state index contributed by atoms with van der Waals surface area (Å²) in [7, 11) is 0. The van der Waals surface area contributed by atoms with Crippen molar-refractivity contribution in [1.29, 1.82) is 0 Å². The molecule has 0 atom stereocenters. The van der Waals surface area contributed by atoms with Crippen LogP contribution in [0.5, 0.6) is 5.75 Å². The Balaban J connectivity index is 1.39. The summed E-state index contributed by atoms with van der Waals surface area (Å²) in [6, 6.07) is 13.4. The van der Waals surface area contributed by atoms with Gasteiger partial charge in [-0.3, -0.25) is 4.79 Å². The quantitative estimate of drug-likeness (QED) is 0.569. The topological polar surface area (TPSA) is 58.6 Å². The molecule has 6 nitrogen and oxygen atoms in total. The molecule has 2 aromatic heterocycles. The summed E-state index contributed by atoms with van der Waals surface area (Å²) in [4.78, 5) is 25.8. The highest BCUT2D eigenvalue weighted by atomic mass is 35.5. The molecule has 0 unspecified atom stereocenters. The first kappa shape index (κ1) is 19.7. The lowest BCUT2D eigenvalue weighted by atomic mass is 10.2. The van der Waals surface area contributed by atoms with Gasteiger partial charge in [0.05, 0.1) is 6.61 Å². The van der Waals surface area contributed by atoms with Crippen LogP contribution >= 0.6 is 22.9 Å². The van der Waals surface area contributed by atoms with E-state index in [4.69, 9.17) is 16.3 Å². The number of hydrogen-bond donors (Lipinski definition) is 0. The Morgan fingerprint density at radius 2 is 1.86 bits per heavy atom. The van der Waals surface area contributed by atoms with Crippen LogP contribution in [0.1, 0.15) is 17.4 Å². The summed E-state index contributed by atoms with van der Waals surface area (Å²) in [5, 5.41) is 3.14. The maximum absolute atomic E-state index is 12.9. The molecule has 4 rings (SSSR count). The van der Waals surface area contributed by atoms with Gasteiger partial charge in [-0.25, -0.2) is 9.97 Å². The molecule has 1 aliphatic rings. The monoisotopic (exact) mass is 428 g/mol. The van der Waals surface area contributed by atoms with E-state index in [-0.39, 0.29) is 5.91 Å². The summed E-state index contributed by atoms with van der Waals surface area (Å²) in [6.07, 6.45) is 0. The predicted molar refractivity (Wildman–Crippen MR) is 116 cm³/mol. The molecule has 0 saturated carbocycles. The van der Waals surface area contributed by atoms with Gasteiger partial charge >= 0.3 is 0 Å². The molecule has 29 heavy (non-hydrogen) atoms. The third-order valence-electron chi connectivity index (χ3n) is 4.73. The minimum absolute atomic E-state index is 0.0304. The number of amides is 1. The second-order valence-electron chi connectivity index (χ2n) is 6.59. The lowest BCUT2D eigenvalue weighted by Gasteiger charge is -2.35. The molecule has 0 N–H and O–H groups in total. The summed E-state index contributed by atoms with van der Waals surface area (Å²) < 4.78 is 5.47. The maximum Gasteiger partial charge on any atom is 0.273 e. The molecule has 0 spiro atoms. The number of aromatic nitrogens is 2. The smallest absolute Gasteiger partial charge is 0.273 e. The van der Waals surface area contributed by atoms with Crippen LogP contribution < -0.4 is 9.64 Å². The van der Waals surface area contributed by atoms with Gasteiger partial charge < -0.3 is 14.5 Å². The Morgan fingerprint density at radius 3 is 2.55 bits per heavy atom. The molecule has 1 saturated heterocycles. The Bertz CT molecular complexity index is 984. The molecule has 1 amide bonds. The van der Waals surface area contributed by atoms with Gasteiger partial charge in [-0.15, -0.1) is 11.3 Å². The normalized spacial score (nSPS) is 14.1. The largest absolute Gasteiger partial charge is 0.494 e. The SMILES string of the molecule is CCOc1ccc(-c2nc(C(=O)N3CCN(c4cccc(Cl)n4)CC3)cs2)cc1. The number of piperazine rings is 1. The predicted octanol–water partition coefficient (Wildman–Crippen LogP) is 4.22. The molecule has 1 aliphatic heterocycles. The highest BCUT2D eigenvalue weighted by Crippen LogP contribution is 2.26. The second-order valence-corrected chi connectivity index (χ2v) is 7.84. The van der Waals surface area contributed by atoms with Crippen molar-refractivity contribution in [2.24, 2.45) is 0 Å². The Morgan fingerprint density at radius 1 is 1.10 bits per heavy atom. The number of benzene rings is 1. The minimum atomic E-state index is -0.0304. The first-order valence-electron chi connectivity index (χ1n) is 9.49.